The van der Waals surface area contributed by atoms with Crippen molar-refractivity contribution in [1.29, 1.82) is 0 Å². The Bertz CT molecular complexity index is 581. The van der Waals surface area contributed by atoms with E-state index in [1.807, 2.05) is 0 Å². The molecular weight excluding hydrogens is 538 g/mol. The maximum absolute atomic E-state index is 9.80. The van der Waals surface area contributed by atoms with Crippen LogP contribution in [0.3, 0.4) is 0 Å². The SMILES string of the molecule is CCCCCCCC/C=C\CCCCCCCC[N+](CCO)(CCO)CCCCCCCC/C=C\CCCCCCCCC. The second-order valence-corrected chi connectivity index (χ2v) is 13.9. The normalized spacial score (nSPS) is 12.4. The zero-order valence-corrected chi connectivity index (χ0v) is 30.4. The van der Waals surface area contributed by atoms with Crippen LogP contribution in [0.5, 0.6) is 0 Å². The van der Waals surface area contributed by atoms with E-state index in [2.05, 4.69) is 38.2 Å². The molecule has 0 saturated heterocycles. The fourth-order valence-electron chi connectivity index (χ4n) is 6.66. The van der Waals surface area contributed by atoms with Crippen LogP contribution in [0.15, 0.2) is 24.3 Å². The van der Waals surface area contributed by atoms with Crippen LogP contribution in [0.4, 0.5) is 0 Å². The summed E-state index contributed by atoms with van der Waals surface area (Å²) in [6, 6.07) is 0. The van der Waals surface area contributed by atoms with Crippen molar-refractivity contribution in [3.05, 3.63) is 24.3 Å². The average Bonchev–Trinajstić information content (AvgIpc) is 3.02. The monoisotopic (exact) mass is 621 g/mol. The van der Waals surface area contributed by atoms with Crippen molar-refractivity contribution in [3.8, 4) is 0 Å². The van der Waals surface area contributed by atoms with Crippen LogP contribution in [0.25, 0.3) is 0 Å². The molecule has 0 aliphatic rings. The van der Waals surface area contributed by atoms with Crippen molar-refractivity contribution >= 4 is 0 Å². The van der Waals surface area contributed by atoms with E-state index in [4.69, 9.17) is 0 Å². The van der Waals surface area contributed by atoms with E-state index in [0.29, 0.717) is 0 Å². The van der Waals surface area contributed by atoms with Crippen molar-refractivity contribution in [1.82, 2.24) is 0 Å². The minimum absolute atomic E-state index is 0.235. The molecule has 0 amide bonds. The van der Waals surface area contributed by atoms with Gasteiger partial charge in [-0.2, -0.15) is 0 Å². The van der Waals surface area contributed by atoms with Crippen molar-refractivity contribution in [2.75, 3.05) is 39.4 Å². The Kier molecular flexibility index (Phi) is 36.3. The molecule has 0 heterocycles. The fraction of sp³-hybridized carbons (Fsp3) is 0.902. The second-order valence-electron chi connectivity index (χ2n) is 13.9. The zero-order valence-electron chi connectivity index (χ0n) is 30.4. The molecule has 0 fully saturated rings. The summed E-state index contributed by atoms with van der Waals surface area (Å²) in [6.45, 7) is 8.88. The molecular formula is C41H82NO2+. The number of aliphatic hydroxyl groups excluding tert-OH is 2. The molecule has 0 aromatic heterocycles. The van der Waals surface area contributed by atoms with Gasteiger partial charge in [0.25, 0.3) is 0 Å². The molecule has 3 nitrogen and oxygen atoms in total. The van der Waals surface area contributed by atoms with Gasteiger partial charge in [-0.05, 0) is 77.0 Å². The van der Waals surface area contributed by atoms with E-state index in [9.17, 15) is 10.2 Å². The molecule has 262 valence electrons. The first kappa shape index (κ1) is 43.4. The number of quaternary nitrogens is 1. The van der Waals surface area contributed by atoms with Crippen molar-refractivity contribution < 1.29 is 14.7 Å². The van der Waals surface area contributed by atoms with Crippen LogP contribution in [-0.4, -0.2) is 54.1 Å². The predicted octanol–water partition coefficient (Wildman–Crippen LogP) is 12.3. The molecule has 44 heavy (non-hydrogen) atoms. The fourth-order valence-corrected chi connectivity index (χ4v) is 6.66. The number of unbranched alkanes of at least 4 members (excludes halogenated alkanes) is 25. The van der Waals surface area contributed by atoms with Crippen molar-refractivity contribution in [3.63, 3.8) is 0 Å². The highest BCUT2D eigenvalue weighted by molar-refractivity contribution is 4.82. The molecule has 0 aromatic rings. The number of allylic oxidation sites excluding steroid dienone is 4. The van der Waals surface area contributed by atoms with E-state index in [0.717, 1.165) is 30.7 Å². The lowest BCUT2D eigenvalue weighted by molar-refractivity contribution is -0.929. The summed E-state index contributed by atoms with van der Waals surface area (Å²) in [4.78, 5) is 0. The molecule has 0 bridgehead atoms. The molecule has 0 spiro atoms. The summed E-state index contributed by atoms with van der Waals surface area (Å²) in [5.74, 6) is 0. The van der Waals surface area contributed by atoms with Crippen LogP contribution in [-0.2, 0) is 0 Å². The molecule has 3 heteroatoms. The maximum Gasteiger partial charge on any atom is 0.102 e. The van der Waals surface area contributed by atoms with Crippen molar-refractivity contribution in [2.45, 2.75) is 200 Å². The first-order valence-electron chi connectivity index (χ1n) is 20.1. The molecule has 0 saturated carbocycles. The van der Waals surface area contributed by atoms with Gasteiger partial charge < -0.3 is 14.7 Å². The van der Waals surface area contributed by atoms with Gasteiger partial charge >= 0.3 is 0 Å². The number of nitrogens with zero attached hydrogens (tertiary/aromatic N) is 1. The molecule has 2 N–H and O–H groups in total. The predicted molar refractivity (Wildman–Crippen MR) is 197 cm³/mol. The highest BCUT2D eigenvalue weighted by Crippen LogP contribution is 2.17. The van der Waals surface area contributed by atoms with Gasteiger partial charge in [-0.25, -0.2) is 0 Å². The first-order chi connectivity index (χ1) is 21.7. The molecule has 0 radical (unpaired) electrons. The summed E-state index contributed by atoms with van der Waals surface area (Å²) in [5, 5.41) is 19.6. The Morgan fingerprint density at radius 3 is 0.841 bits per heavy atom. The molecule has 0 aliphatic heterocycles. The van der Waals surface area contributed by atoms with Gasteiger partial charge in [0.2, 0.25) is 0 Å². The van der Waals surface area contributed by atoms with E-state index in [-0.39, 0.29) is 13.2 Å². The zero-order chi connectivity index (χ0) is 32.1. The third-order valence-corrected chi connectivity index (χ3v) is 9.69. The molecule has 0 atom stereocenters. The van der Waals surface area contributed by atoms with E-state index >= 15 is 0 Å². The van der Waals surface area contributed by atoms with Gasteiger partial charge in [-0.3, -0.25) is 0 Å². The lowest BCUT2D eigenvalue weighted by Crippen LogP contribution is -2.52. The molecule has 0 aromatic carbocycles. The standard InChI is InChI=1S/C41H82NO2/c1-3-5-7-9-11-13-15-17-19-21-23-25-27-29-31-33-35-37-42(38-40-43,39-41-44)36-34-32-30-28-26-24-22-20-18-16-14-12-10-8-6-4-2/h18-21,43-44H,3-17,22-41H2,1-2H3/q+1/b20-18-,21-19-. The van der Waals surface area contributed by atoms with Crippen LogP contribution in [0.1, 0.15) is 200 Å². The maximum atomic E-state index is 9.80. The minimum Gasteiger partial charge on any atom is -0.391 e. The Labute approximate surface area is 278 Å². The Balaban J connectivity index is 3.81. The summed E-state index contributed by atoms with van der Waals surface area (Å²) < 4.78 is 0.917. The third-order valence-electron chi connectivity index (χ3n) is 9.69. The highest BCUT2D eigenvalue weighted by Gasteiger charge is 2.25. The average molecular weight is 621 g/mol. The first-order valence-corrected chi connectivity index (χ1v) is 20.1. The highest BCUT2D eigenvalue weighted by atomic mass is 16.3. The number of hydrogen-bond donors (Lipinski definition) is 2. The third kappa shape index (κ3) is 31.3. The lowest BCUT2D eigenvalue weighted by Gasteiger charge is -2.38. The van der Waals surface area contributed by atoms with Crippen LogP contribution < -0.4 is 0 Å². The summed E-state index contributed by atoms with van der Waals surface area (Å²) in [6.07, 6.45) is 48.6. The molecule has 0 unspecified atom stereocenters. The van der Waals surface area contributed by atoms with Crippen LogP contribution in [0, 0.1) is 0 Å². The lowest BCUT2D eigenvalue weighted by atomic mass is 10.1. The van der Waals surface area contributed by atoms with Crippen LogP contribution >= 0.6 is 0 Å². The Morgan fingerprint density at radius 2 is 0.568 bits per heavy atom. The second kappa shape index (κ2) is 36.8. The quantitative estimate of drug-likeness (QED) is 0.0412. The van der Waals surface area contributed by atoms with E-state index in [1.165, 1.54) is 186 Å². The topological polar surface area (TPSA) is 40.5 Å². The minimum atomic E-state index is 0.235. The number of aliphatic hydroxyl groups is 2. The van der Waals surface area contributed by atoms with Gasteiger partial charge in [0.15, 0.2) is 0 Å². The summed E-state index contributed by atoms with van der Waals surface area (Å²) in [5.41, 5.74) is 0. The summed E-state index contributed by atoms with van der Waals surface area (Å²) >= 11 is 0. The van der Waals surface area contributed by atoms with Gasteiger partial charge in [-0.15, -0.1) is 0 Å². The van der Waals surface area contributed by atoms with Crippen LogP contribution in [0.2, 0.25) is 0 Å². The molecule has 0 rings (SSSR count). The Hall–Kier alpha value is -0.640. The van der Waals surface area contributed by atoms with Gasteiger partial charge in [0, 0.05) is 0 Å². The smallest absolute Gasteiger partial charge is 0.102 e. The van der Waals surface area contributed by atoms with E-state index < -0.39 is 0 Å². The Morgan fingerprint density at radius 1 is 0.318 bits per heavy atom. The summed E-state index contributed by atoms with van der Waals surface area (Å²) in [7, 11) is 0. The van der Waals surface area contributed by atoms with Crippen molar-refractivity contribution in [2.24, 2.45) is 0 Å². The number of hydrogen-bond acceptors (Lipinski definition) is 2. The number of rotatable bonds is 37. The molecule has 0 aliphatic carbocycles. The largest absolute Gasteiger partial charge is 0.391 e. The van der Waals surface area contributed by atoms with E-state index in [1.54, 1.807) is 0 Å². The van der Waals surface area contributed by atoms with Gasteiger partial charge in [0.05, 0.1) is 26.3 Å². The van der Waals surface area contributed by atoms with Gasteiger partial charge in [-0.1, -0.05) is 147 Å². The van der Waals surface area contributed by atoms with Gasteiger partial charge in [0.1, 0.15) is 13.1 Å².